The quantitative estimate of drug-likeness (QED) is 0.0148. The number of nitrogens with one attached hydrogen (secondary N) is 8. The summed E-state index contributed by atoms with van der Waals surface area (Å²) in [6, 6.07) is 5.19. The van der Waals surface area contributed by atoms with Crippen molar-refractivity contribution in [3.8, 4) is 5.75 Å². The molecule has 2 aromatic heterocycles. The fraction of sp³-hybridized carbons (Fsp3) is 0.591. The number of ether oxygens (including phenoxy) is 4. The molecule has 3 atom stereocenters. The first-order valence-corrected chi connectivity index (χ1v) is 39.0. The monoisotopic (exact) mass is 1620 g/mol. The van der Waals surface area contributed by atoms with Gasteiger partial charge in [0.1, 0.15) is 29.7 Å². The maximum absolute atomic E-state index is 13.8. The van der Waals surface area contributed by atoms with Crippen LogP contribution in [-0.4, -0.2) is 330 Å². The number of fused-ring (bicyclic) bond motifs is 1. The van der Waals surface area contributed by atoms with Gasteiger partial charge in [0, 0.05) is 142 Å². The molecule has 0 saturated carbocycles. The van der Waals surface area contributed by atoms with Gasteiger partial charge in [0.15, 0.2) is 5.95 Å². The van der Waals surface area contributed by atoms with Gasteiger partial charge < -0.3 is 107 Å². The summed E-state index contributed by atoms with van der Waals surface area (Å²) in [6.07, 6.45) is 6.41. The largest absolute Gasteiger partial charge is 0.494 e. The number of aliphatic carboxylic acids is 4. The number of carboxylic acid groups (broad SMARTS) is 4. The third kappa shape index (κ3) is 37.6. The maximum Gasteiger partial charge on any atom is 0.339 e. The summed E-state index contributed by atoms with van der Waals surface area (Å²) in [5.74, 6) is -6.61. The smallest absolute Gasteiger partial charge is 0.339 e. The molecular formula is C66H109N15O26P2S. The van der Waals surface area contributed by atoms with Crippen molar-refractivity contribution in [2.24, 2.45) is 7.05 Å². The second-order valence-electron chi connectivity index (χ2n) is 25.4. The van der Waals surface area contributed by atoms with Crippen LogP contribution in [0.4, 0.5) is 5.95 Å². The summed E-state index contributed by atoms with van der Waals surface area (Å²) < 4.78 is 65.3. The number of hydrogen-bond acceptors (Lipinski definition) is 24. The van der Waals surface area contributed by atoms with Gasteiger partial charge in [0.25, 0.3) is 5.91 Å². The SMILES string of the molecule is Cc1cc(OCCCC(=O)NCCCOCCOCCOCCCNC(=O)C(CCCCNC(=O)CN(CP)CP(=O)(O)O)NC(=O)CN2CCN(CC(=O)O)CCN(CC(=O)O)CCN(CC(=O)O)CC2)cc(C)c1S(=O)(=O)NC(CNC(=O)c1cn(C)c2cc(CNc3ncc[nH]3)ccc2c1=O)C(=O)O.O.O.O. The number of imidazole rings is 1. The highest BCUT2D eigenvalue weighted by molar-refractivity contribution is 7.89. The highest BCUT2D eigenvalue weighted by Gasteiger charge is 2.31. The van der Waals surface area contributed by atoms with Gasteiger partial charge in [-0.2, -0.15) is 4.72 Å². The van der Waals surface area contributed by atoms with Gasteiger partial charge in [0.2, 0.25) is 39.1 Å². The minimum atomic E-state index is -4.49. The van der Waals surface area contributed by atoms with E-state index in [1.54, 1.807) is 61.8 Å². The molecule has 0 bridgehead atoms. The van der Waals surface area contributed by atoms with Crippen LogP contribution in [0.1, 0.15) is 72.0 Å². The molecule has 0 aliphatic carbocycles. The van der Waals surface area contributed by atoms with Gasteiger partial charge in [-0.25, -0.2) is 13.4 Å². The average Bonchev–Trinajstić information content (AvgIpc) is 0.888. The third-order valence-corrected chi connectivity index (χ3v) is 19.7. The normalized spacial score (nSPS) is 14.1. The number of hydrogen-bond donors (Lipinski definition) is 14. The number of pyridine rings is 1. The Hall–Kier alpha value is -8.26. The molecule has 3 unspecified atom stereocenters. The van der Waals surface area contributed by atoms with E-state index in [1.165, 1.54) is 37.1 Å². The Morgan fingerprint density at radius 2 is 1.19 bits per heavy atom. The van der Waals surface area contributed by atoms with Crippen molar-refractivity contribution >= 4 is 97.1 Å². The van der Waals surface area contributed by atoms with Crippen LogP contribution in [0, 0.1) is 13.8 Å². The number of nitrogens with zero attached hydrogens (tertiary/aromatic N) is 7. The van der Waals surface area contributed by atoms with Gasteiger partial charge in [-0.05, 0) is 93.3 Å². The number of aromatic nitrogens is 3. The molecule has 1 fully saturated rings. The Morgan fingerprint density at radius 3 is 1.71 bits per heavy atom. The molecule has 5 amide bonds. The zero-order chi connectivity index (χ0) is 78.5. The summed E-state index contributed by atoms with van der Waals surface area (Å²) in [5, 5.41) is 55.7. The Morgan fingerprint density at radius 1 is 0.664 bits per heavy atom. The molecule has 5 rings (SSSR count). The van der Waals surface area contributed by atoms with Crippen LogP contribution in [0.15, 0.2) is 58.6 Å². The lowest BCUT2D eigenvalue weighted by atomic mass is 10.1. The van der Waals surface area contributed by atoms with Gasteiger partial charge in [-0.1, -0.05) is 6.07 Å². The lowest BCUT2D eigenvalue weighted by Crippen LogP contribution is -2.52. The van der Waals surface area contributed by atoms with Crippen LogP contribution >= 0.6 is 16.8 Å². The summed E-state index contributed by atoms with van der Waals surface area (Å²) in [4.78, 5) is 160. The number of unbranched alkanes of at least 4 members (excludes halogenated alkanes) is 1. The topological polar surface area (TPSA) is 609 Å². The third-order valence-electron chi connectivity index (χ3n) is 16.6. The van der Waals surface area contributed by atoms with E-state index in [0.717, 1.165) is 5.56 Å². The van der Waals surface area contributed by atoms with Crippen molar-refractivity contribution in [3.05, 3.63) is 81.4 Å². The van der Waals surface area contributed by atoms with Gasteiger partial charge in [0.05, 0.1) is 76.2 Å². The van der Waals surface area contributed by atoms with Crippen LogP contribution in [0.3, 0.4) is 0 Å². The summed E-state index contributed by atoms with van der Waals surface area (Å²) in [5.41, 5.74) is 0.993. The number of carbonyl (C=O) groups is 9. The lowest BCUT2D eigenvalue weighted by Gasteiger charge is -2.33. The van der Waals surface area contributed by atoms with Crippen molar-refractivity contribution in [2.45, 2.75) is 82.3 Å². The number of amides is 5. The van der Waals surface area contributed by atoms with E-state index in [2.05, 4.69) is 55.8 Å². The number of carboxylic acids is 4. The molecule has 1 saturated heterocycles. The molecule has 1 aliphatic rings. The number of aryl methyl sites for hydroxylation is 3. The zero-order valence-corrected chi connectivity index (χ0v) is 64.9. The molecule has 0 radical (unpaired) electrons. The number of aromatic amines is 1. The number of anilines is 1. The van der Waals surface area contributed by atoms with E-state index in [-0.39, 0.29) is 206 Å². The average molecular weight is 1620 g/mol. The van der Waals surface area contributed by atoms with Crippen LogP contribution < -0.4 is 46.8 Å². The predicted molar refractivity (Wildman–Crippen MR) is 404 cm³/mol. The first-order valence-electron chi connectivity index (χ1n) is 34.9. The first-order chi connectivity index (χ1) is 50.9. The Kier molecular flexibility index (Phi) is 45.6. The first kappa shape index (κ1) is 97.8. The van der Waals surface area contributed by atoms with Crippen molar-refractivity contribution in [2.75, 3.05) is 175 Å². The van der Waals surface area contributed by atoms with Crippen molar-refractivity contribution in [1.82, 2.24) is 70.3 Å². The molecule has 41 nitrogen and oxygen atoms in total. The number of carbonyl (C=O) groups excluding carboxylic acids is 5. The van der Waals surface area contributed by atoms with E-state index in [1.807, 2.05) is 0 Å². The fourth-order valence-electron chi connectivity index (χ4n) is 11.3. The molecule has 620 valence electrons. The lowest BCUT2D eigenvalue weighted by molar-refractivity contribution is -0.140. The van der Waals surface area contributed by atoms with Crippen molar-refractivity contribution < 1.29 is 122 Å². The van der Waals surface area contributed by atoms with Crippen LogP contribution in [0.5, 0.6) is 5.75 Å². The second-order valence-corrected chi connectivity index (χ2v) is 29.1. The summed E-state index contributed by atoms with van der Waals surface area (Å²) >= 11 is 0. The molecule has 44 heteroatoms. The Labute approximate surface area is 638 Å². The molecule has 4 aromatic rings. The van der Waals surface area contributed by atoms with Gasteiger partial charge in [-0.3, -0.25) is 77.0 Å². The van der Waals surface area contributed by atoms with Crippen LogP contribution in [-0.2, 0) is 80.7 Å². The second kappa shape index (κ2) is 51.3. The minimum absolute atomic E-state index is 0. The Balaban J connectivity index is 0.0000137. The molecular weight excluding hydrogens is 1510 g/mol. The summed E-state index contributed by atoms with van der Waals surface area (Å²) in [6.45, 7) is 5.10. The minimum Gasteiger partial charge on any atom is -0.494 e. The Bertz CT molecular complexity index is 3750. The number of benzene rings is 2. The molecule has 20 N–H and O–H groups in total. The maximum atomic E-state index is 13.8. The standard InChI is InChI=1S/C66H103N15O23P2S.3H2O/c1-46-33-49(34-47(2)62(46)107(99,100)75-53(65(94)95)37-72-63(92)51-38-76(3)54-35-48(11-12-50(54)61(51)91)36-73-66-70-16-17-71-66)104-28-6-10-55(82)67-14-7-26-101-29-31-103-32-30-102-27-8-15-69-64(93)52(9-4-5-13-68-56(83)39-81(44-105)45-106(96,97)98)74-57(84)40-77-18-20-78(41-58(85)86)22-24-80(43-60(89)90)25-23-79(21-19-77)42-59(87)88;;;/h11-12,16-17,33-35,38,52-53,75H,4-10,13-15,18-32,36-37,39-45,105H2,1-3H3,(H,67,82)(H,68,83)(H,69,93)(H,72,92)(H,74,84)(H,85,86)(H,87,88)(H,89,90)(H,94,95)(H2,70,71,73)(H2,96,97,98);3*1H2. The zero-order valence-electron chi connectivity index (χ0n) is 62.0. The van der Waals surface area contributed by atoms with E-state index >= 15 is 0 Å². The molecule has 1 aliphatic heterocycles. The van der Waals surface area contributed by atoms with Gasteiger partial charge >= 0.3 is 31.5 Å². The van der Waals surface area contributed by atoms with Gasteiger partial charge in [-0.15, -0.1) is 9.24 Å². The van der Waals surface area contributed by atoms with Crippen molar-refractivity contribution in [3.63, 3.8) is 0 Å². The molecule has 3 heterocycles. The van der Waals surface area contributed by atoms with Crippen molar-refractivity contribution in [1.29, 1.82) is 0 Å². The van der Waals surface area contributed by atoms with E-state index in [4.69, 9.17) is 18.9 Å². The number of H-pyrrole nitrogens is 1. The molecule has 110 heavy (non-hydrogen) atoms. The number of rotatable bonds is 49. The summed E-state index contributed by atoms with van der Waals surface area (Å²) in [7, 11) is -4.95. The van der Waals surface area contributed by atoms with E-state index in [0.29, 0.717) is 69.0 Å². The van der Waals surface area contributed by atoms with Crippen LogP contribution in [0.25, 0.3) is 10.9 Å². The number of sulfonamides is 1. The van der Waals surface area contributed by atoms with E-state index < -0.39 is 95.5 Å². The van der Waals surface area contributed by atoms with Crippen LogP contribution in [0.2, 0.25) is 0 Å². The highest BCUT2D eigenvalue weighted by Crippen LogP contribution is 2.35. The molecule has 2 aromatic carbocycles. The predicted octanol–water partition coefficient (Wildman–Crippen LogP) is -4.08. The van der Waals surface area contributed by atoms with E-state index in [9.17, 15) is 91.1 Å². The fourth-order valence-corrected chi connectivity index (χ4v) is 14.2. The molecule has 0 spiro atoms. The highest BCUT2D eigenvalue weighted by atomic mass is 32.2.